The number of rotatable bonds is 4. The van der Waals surface area contributed by atoms with Gasteiger partial charge in [0.2, 0.25) is 5.95 Å². The first-order valence-electron chi connectivity index (χ1n) is 7.89. The van der Waals surface area contributed by atoms with Crippen LogP contribution in [0.4, 0.5) is 17.5 Å². The van der Waals surface area contributed by atoms with Crippen LogP contribution in [0, 0.1) is 0 Å². The van der Waals surface area contributed by atoms with E-state index >= 15 is 0 Å². The molecule has 1 aromatic carbocycles. The first kappa shape index (κ1) is 16.3. The predicted molar refractivity (Wildman–Crippen MR) is 94.7 cm³/mol. The fourth-order valence-electron chi connectivity index (χ4n) is 2.77. The van der Waals surface area contributed by atoms with Gasteiger partial charge in [-0.15, -0.1) is 5.10 Å². The second-order valence-corrected chi connectivity index (χ2v) is 6.59. The highest BCUT2D eigenvalue weighted by molar-refractivity contribution is 6.36. The Labute approximate surface area is 145 Å². The SMILES string of the molecule is Clc1ccc(Nc2nncc(NC3CCCCCC3)n2)c(Cl)c1. The molecular weight excluding hydrogens is 333 g/mol. The summed E-state index contributed by atoms with van der Waals surface area (Å²) in [5, 5.41) is 15.7. The predicted octanol–water partition coefficient (Wildman–Crippen LogP) is 5.06. The molecule has 23 heavy (non-hydrogen) atoms. The third kappa shape index (κ3) is 4.69. The highest BCUT2D eigenvalue weighted by atomic mass is 35.5. The smallest absolute Gasteiger partial charge is 0.249 e. The van der Waals surface area contributed by atoms with Crippen molar-refractivity contribution in [2.75, 3.05) is 10.6 Å². The Balaban J connectivity index is 1.69. The third-order valence-electron chi connectivity index (χ3n) is 3.94. The Morgan fingerprint density at radius 3 is 2.57 bits per heavy atom. The van der Waals surface area contributed by atoms with Gasteiger partial charge in [0.25, 0.3) is 0 Å². The molecule has 0 radical (unpaired) electrons. The molecule has 3 rings (SSSR count). The number of hydrogen-bond acceptors (Lipinski definition) is 5. The summed E-state index contributed by atoms with van der Waals surface area (Å²) in [6.07, 6.45) is 9.18. The van der Waals surface area contributed by atoms with Crippen molar-refractivity contribution in [3.8, 4) is 0 Å². The first-order chi connectivity index (χ1) is 11.2. The fourth-order valence-corrected chi connectivity index (χ4v) is 3.23. The summed E-state index contributed by atoms with van der Waals surface area (Å²) in [4.78, 5) is 4.47. The van der Waals surface area contributed by atoms with E-state index in [2.05, 4.69) is 25.8 Å². The van der Waals surface area contributed by atoms with E-state index in [1.807, 2.05) is 0 Å². The molecule has 1 aliphatic carbocycles. The molecular formula is C16H19Cl2N5. The summed E-state index contributed by atoms with van der Waals surface area (Å²) in [6, 6.07) is 5.68. The van der Waals surface area contributed by atoms with Gasteiger partial charge in [-0.1, -0.05) is 48.9 Å². The Hall–Kier alpha value is -1.59. The monoisotopic (exact) mass is 351 g/mol. The van der Waals surface area contributed by atoms with Crippen molar-refractivity contribution in [3.63, 3.8) is 0 Å². The summed E-state index contributed by atoms with van der Waals surface area (Å²) < 4.78 is 0. The Bertz CT molecular complexity index is 657. The van der Waals surface area contributed by atoms with Crippen LogP contribution in [0.5, 0.6) is 0 Å². The number of nitrogens with zero attached hydrogens (tertiary/aromatic N) is 3. The molecule has 0 unspecified atom stereocenters. The molecule has 0 saturated heterocycles. The quantitative estimate of drug-likeness (QED) is 0.754. The lowest BCUT2D eigenvalue weighted by Crippen LogP contribution is -2.19. The molecule has 0 amide bonds. The zero-order valence-corrected chi connectivity index (χ0v) is 14.2. The number of nitrogens with one attached hydrogen (secondary N) is 2. The molecule has 1 fully saturated rings. The van der Waals surface area contributed by atoms with Gasteiger partial charge in [0, 0.05) is 11.1 Å². The van der Waals surface area contributed by atoms with Crippen molar-refractivity contribution >= 4 is 40.7 Å². The van der Waals surface area contributed by atoms with Gasteiger partial charge in [-0.05, 0) is 31.0 Å². The molecule has 1 aliphatic rings. The highest BCUT2D eigenvalue weighted by Gasteiger charge is 2.13. The zero-order valence-electron chi connectivity index (χ0n) is 12.7. The Morgan fingerprint density at radius 1 is 1.04 bits per heavy atom. The normalized spacial score (nSPS) is 15.9. The lowest BCUT2D eigenvalue weighted by molar-refractivity contribution is 0.617. The minimum atomic E-state index is 0.410. The maximum Gasteiger partial charge on any atom is 0.249 e. The minimum absolute atomic E-state index is 0.410. The van der Waals surface area contributed by atoms with Crippen LogP contribution < -0.4 is 10.6 Å². The van der Waals surface area contributed by atoms with E-state index in [1.54, 1.807) is 24.4 Å². The Morgan fingerprint density at radius 2 is 1.83 bits per heavy atom. The van der Waals surface area contributed by atoms with Gasteiger partial charge in [-0.3, -0.25) is 0 Å². The standard InChI is InChI=1S/C16H19Cl2N5/c17-11-7-8-14(13(18)9-11)21-16-22-15(10-19-23-16)20-12-5-3-1-2-4-6-12/h7-10,12H,1-6H2,(H2,20,21,22,23). The molecule has 1 aromatic heterocycles. The molecule has 7 heteroatoms. The van der Waals surface area contributed by atoms with E-state index < -0.39 is 0 Å². The van der Waals surface area contributed by atoms with Gasteiger partial charge < -0.3 is 10.6 Å². The van der Waals surface area contributed by atoms with Crippen molar-refractivity contribution in [1.82, 2.24) is 15.2 Å². The van der Waals surface area contributed by atoms with Crippen molar-refractivity contribution in [1.29, 1.82) is 0 Å². The number of hydrogen-bond donors (Lipinski definition) is 2. The number of anilines is 3. The minimum Gasteiger partial charge on any atom is -0.366 e. The van der Waals surface area contributed by atoms with Crippen molar-refractivity contribution in [3.05, 3.63) is 34.4 Å². The second-order valence-electron chi connectivity index (χ2n) is 5.75. The summed E-state index contributed by atoms with van der Waals surface area (Å²) in [7, 11) is 0. The number of benzene rings is 1. The van der Waals surface area contributed by atoms with E-state index in [4.69, 9.17) is 23.2 Å². The van der Waals surface area contributed by atoms with Gasteiger partial charge in [0.05, 0.1) is 16.9 Å². The maximum atomic E-state index is 6.15. The number of aromatic nitrogens is 3. The Kier molecular flexibility index (Phi) is 5.51. The van der Waals surface area contributed by atoms with Crippen LogP contribution in [-0.4, -0.2) is 21.2 Å². The molecule has 2 aromatic rings. The average Bonchev–Trinajstić information content (AvgIpc) is 2.79. The van der Waals surface area contributed by atoms with Gasteiger partial charge in [-0.2, -0.15) is 10.1 Å². The summed E-state index contributed by atoms with van der Waals surface area (Å²) in [6.45, 7) is 0. The molecule has 122 valence electrons. The summed E-state index contributed by atoms with van der Waals surface area (Å²) in [5.74, 6) is 1.15. The van der Waals surface area contributed by atoms with Crippen LogP contribution in [0.1, 0.15) is 38.5 Å². The molecule has 0 atom stereocenters. The molecule has 1 heterocycles. The molecule has 5 nitrogen and oxygen atoms in total. The number of halogens is 2. The van der Waals surface area contributed by atoms with Crippen LogP contribution >= 0.6 is 23.2 Å². The van der Waals surface area contributed by atoms with E-state index in [-0.39, 0.29) is 0 Å². The first-order valence-corrected chi connectivity index (χ1v) is 8.64. The molecule has 2 N–H and O–H groups in total. The van der Waals surface area contributed by atoms with Gasteiger partial charge >= 0.3 is 0 Å². The zero-order chi connectivity index (χ0) is 16.1. The van der Waals surface area contributed by atoms with Crippen LogP contribution in [0.15, 0.2) is 24.4 Å². The van der Waals surface area contributed by atoms with Crippen LogP contribution in [-0.2, 0) is 0 Å². The topological polar surface area (TPSA) is 62.7 Å². The van der Waals surface area contributed by atoms with E-state index in [9.17, 15) is 0 Å². The summed E-state index contributed by atoms with van der Waals surface area (Å²) >= 11 is 12.1. The fraction of sp³-hybridized carbons (Fsp3) is 0.438. The summed E-state index contributed by atoms with van der Waals surface area (Å²) in [5.41, 5.74) is 0.699. The van der Waals surface area contributed by atoms with Crippen molar-refractivity contribution in [2.45, 2.75) is 44.6 Å². The van der Waals surface area contributed by atoms with E-state index in [0.717, 1.165) is 5.82 Å². The van der Waals surface area contributed by atoms with Gasteiger partial charge in [0.15, 0.2) is 5.82 Å². The van der Waals surface area contributed by atoms with Gasteiger partial charge in [-0.25, -0.2) is 0 Å². The van der Waals surface area contributed by atoms with Crippen LogP contribution in [0.25, 0.3) is 0 Å². The molecule has 1 saturated carbocycles. The highest BCUT2D eigenvalue weighted by Crippen LogP contribution is 2.27. The second kappa shape index (κ2) is 7.79. The van der Waals surface area contributed by atoms with Crippen molar-refractivity contribution in [2.24, 2.45) is 0 Å². The molecule has 0 spiro atoms. The average molecular weight is 352 g/mol. The van der Waals surface area contributed by atoms with Crippen LogP contribution in [0.3, 0.4) is 0 Å². The molecule has 0 aliphatic heterocycles. The van der Waals surface area contributed by atoms with Gasteiger partial charge in [0.1, 0.15) is 0 Å². The largest absolute Gasteiger partial charge is 0.366 e. The van der Waals surface area contributed by atoms with Crippen molar-refractivity contribution < 1.29 is 0 Å². The molecule has 0 bridgehead atoms. The maximum absolute atomic E-state index is 6.15. The lowest BCUT2D eigenvalue weighted by atomic mass is 10.1. The third-order valence-corrected chi connectivity index (χ3v) is 4.49. The lowest BCUT2D eigenvalue weighted by Gasteiger charge is -2.16. The van der Waals surface area contributed by atoms with Crippen LogP contribution in [0.2, 0.25) is 10.0 Å². The van der Waals surface area contributed by atoms with E-state index in [1.165, 1.54) is 38.5 Å². The van der Waals surface area contributed by atoms with E-state index in [0.29, 0.717) is 27.7 Å².